The predicted octanol–water partition coefficient (Wildman–Crippen LogP) is 6.59. The van der Waals surface area contributed by atoms with Gasteiger partial charge in [0.05, 0.1) is 5.75 Å². The molecule has 1 N–H and O–H groups in total. The van der Waals surface area contributed by atoms with Crippen LogP contribution < -0.4 is 9.50 Å². The molecule has 0 spiro atoms. The Morgan fingerprint density at radius 3 is 2.48 bits per heavy atom. The van der Waals surface area contributed by atoms with Crippen LogP contribution in [0.15, 0.2) is 42.6 Å². The van der Waals surface area contributed by atoms with Gasteiger partial charge >= 0.3 is 10.1 Å². The number of nitrogens with zero attached hydrogens (tertiary/aromatic N) is 2. The van der Waals surface area contributed by atoms with Crippen LogP contribution in [-0.2, 0) is 10.1 Å². The highest BCUT2D eigenvalue weighted by Crippen LogP contribution is 2.33. The highest BCUT2D eigenvalue weighted by molar-refractivity contribution is 7.87. The molecule has 0 saturated heterocycles. The molecule has 0 unspecified atom stereocenters. The molecule has 0 radical (unpaired) electrons. The molecule has 0 aliphatic rings. The smallest absolute Gasteiger partial charge is 0.309 e. The Kier molecular flexibility index (Phi) is 8.05. The lowest BCUT2D eigenvalue weighted by Crippen LogP contribution is -2.27. The van der Waals surface area contributed by atoms with Crippen molar-refractivity contribution in [3.63, 3.8) is 0 Å². The van der Waals surface area contributed by atoms with E-state index < -0.39 is 10.1 Å². The maximum absolute atomic E-state index is 12.5. The molecule has 1 aromatic carbocycles. The van der Waals surface area contributed by atoms with E-state index in [9.17, 15) is 8.42 Å². The van der Waals surface area contributed by atoms with Crippen molar-refractivity contribution in [2.45, 2.75) is 78.7 Å². The van der Waals surface area contributed by atoms with E-state index in [4.69, 9.17) is 9.17 Å². The van der Waals surface area contributed by atoms with Crippen LogP contribution in [0.5, 0.6) is 5.75 Å². The molecule has 0 fully saturated rings. The van der Waals surface area contributed by atoms with E-state index in [1.54, 1.807) is 18.2 Å². The number of nitrogens with one attached hydrogen (secondary N) is 1. The number of unbranched alkanes of at least 4 members (excludes halogenated alkanes) is 5. The van der Waals surface area contributed by atoms with Crippen molar-refractivity contribution < 1.29 is 12.6 Å². The number of benzene rings is 1. The summed E-state index contributed by atoms with van der Waals surface area (Å²) in [5, 5.41) is 3.55. The minimum Gasteiger partial charge on any atom is -0.382 e. The van der Waals surface area contributed by atoms with Gasteiger partial charge in [0, 0.05) is 17.3 Å². The van der Waals surface area contributed by atoms with Crippen molar-refractivity contribution in [1.29, 1.82) is 0 Å². The summed E-state index contributed by atoms with van der Waals surface area (Å²) < 4.78 is 32.5. The van der Waals surface area contributed by atoms with E-state index in [0.29, 0.717) is 12.2 Å². The summed E-state index contributed by atoms with van der Waals surface area (Å²) in [6.07, 6.45) is 8.13. The highest BCUT2D eigenvalue weighted by Gasteiger charge is 2.20. The van der Waals surface area contributed by atoms with Gasteiger partial charge in [-0.1, -0.05) is 51.2 Å². The van der Waals surface area contributed by atoms with E-state index in [1.165, 1.54) is 12.8 Å². The van der Waals surface area contributed by atoms with Crippen LogP contribution in [0, 0.1) is 6.92 Å². The SMILES string of the molecule is CCCCCCCCS(=O)(=O)Oc1cccc(-c2nc3cc(C)ccn3c2NC(C)(C)C)c1. The molecule has 6 nitrogen and oxygen atoms in total. The fraction of sp³-hybridized carbons (Fsp3) is 0.500. The van der Waals surface area contributed by atoms with Crippen molar-refractivity contribution in [2.75, 3.05) is 11.1 Å². The Bertz CT molecular complexity index is 1180. The Labute approximate surface area is 198 Å². The maximum Gasteiger partial charge on any atom is 0.309 e. The molecule has 7 heteroatoms. The summed E-state index contributed by atoms with van der Waals surface area (Å²) in [5.41, 5.74) is 3.34. The average Bonchev–Trinajstić information content (AvgIpc) is 3.06. The Morgan fingerprint density at radius 2 is 1.76 bits per heavy atom. The first-order valence-corrected chi connectivity index (χ1v) is 13.5. The molecule has 180 valence electrons. The zero-order valence-corrected chi connectivity index (χ0v) is 21.3. The van der Waals surface area contributed by atoms with Gasteiger partial charge in [0.15, 0.2) is 0 Å². The van der Waals surface area contributed by atoms with E-state index >= 15 is 0 Å². The maximum atomic E-state index is 12.5. The van der Waals surface area contributed by atoms with Crippen LogP contribution in [0.4, 0.5) is 5.82 Å². The van der Waals surface area contributed by atoms with Gasteiger partial charge in [0.25, 0.3) is 0 Å². The molecule has 2 aromatic heterocycles. The predicted molar refractivity (Wildman–Crippen MR) is 137 cm³/mol. The number of pyridine rings is 1. The van der Waals surface area contributed by atoms with Gasteiger partial charge in [0.2, 0.25) is 0 Å². The third-order valence-corrected chi connectivity index (χ3v) is 6.59. The summed E-state index contributed by atoms with van der Waals surface area (Å²) >= 11 is 0. The van der Waals surface area contributed by atoms with Gasteiger partial charge in [-0.2, -0.15) is 8.42 Å². The Morgan fingerprint density at radius 1 is 1.03 bits per heavy atom. The fourth-order valence-electron chi connectivity index (χ4n) is 3.77. The van der Waals surface area contributed by atoms with Crippen molar-refractivity contribution in [3.05, 3.63) is 48.2 Å². The highest BCUT2D eigenvalue weighted by atomic mass is 32.2. The molecule has 3 aromatic rings. The lowest BCUT2D eigenvalue weighted by molar-refractivity contribution is 0.482. The first kappa shape index (κ1) is 25.1. The number of imidazole rings is 1. The van der Waals surface area contributed by atoms with Crippen LogP contribution in [-0.4, -0.2) is 29.1 Å². The standard InChI is InChI=1S/C26H37N3O3S/c1-6-7-8-9-10-11-17-33(30,31)32-22-14-12-13-21(19-22)24-25(28-26(3,4)5)29-16-15-20(2)18-23(29)27-24/h12-16,18-19,28H,6-11,17H2,1-5H3. The van der Waals surface area contributed by atoms with Gasteiger partial charge in [0.1, 0.15) is 22.9 Å². The van der Waals surface area contributed by atoms with E-state index in [-0.39, 0.29) is 11.3 Å². The summed E-state index contributed by atoms with van der Waals surface area (Å²) in [7, 11) is -3.64. The molecular weight excluding hydrogens is 434 g/mol. The third-order valence-electron chi connectivity index (χ3n) is 5.35. The van der Waals surface area contributed by atoms with Crippen molar-refractivity contribution in [1.82, 2.24) is 9.38 Å². The molecule has 3 rings (SSSR count). The fourth-order valence-corrected chi connectivity index (χ4v) is 4.80. The van der Waals surface area contributed by atoms with Gasteiger partial charge < -0.3 is 9.50 Å². The van der Waals surface area contributed by atoms with E-state index in [0.717, 1.165) is 47.5 Å². The van der Waals surface area contributed by atoms with Crippen LogP contribution in [0.3, 0.4) is 0 Å². The van der Waals surface area contributed by atoms with Crippen molar-refractivity contribution in [3.8, 4) is 17.0 Å². The number of aryl methyl sites for hydroxylation is 1. The number of anilines is 1. The van der Waals surface area contributed by atoms with Crippen LogP contribution in [0.2, 0.25) is 0 Å². The van der Waals surface area contributed by atoms with Crippen LogP contribution in [0.1, 0.15) is 71.8 Å². The topological polar surface area (TPSA) is 72.7 Å². The number of hydrogen-bond donors (Lipinski definition) is 1. The van der Waals surface area contributed by atoms with Gasteiger partial charge in [-0.05, 0) is 63.9 Å². The molecule has 0 amide bonds. The second-order valence-electron chi connectivity index (χ2n) is 9.76. The van der Waals surface area contributed by atoms with Crippen LogP contribution >= 0.6 is 0 Å². The van der Waals surface area contributed by atoms with Crippen molar-refractivity contribution in [2.24, 2.45) is 0 Å². The van der Waals surface area contributed by atoms with Crippen molar-refractivity contribution >= 4 is 21.6 Å². The Balaban J connectivity index is 1.82. The minimum atomic E-state index is -3.64. The van der Waals surface area contributed by atoms with Gasteiger partial charge in [-0.3, -0.25) is 4.40 Å². The summed E-state index contributed by atoms with van der Waals surface area (Å²) in [6, 6.07) is 11.2. The number of fused-ring (bicyclic) bond motifs is 1. The number of rotatable bonds is 11. The molecule has 0 saturated carbocycles. The molecular formula is C26H37N3O3S. The van der Waals surface area contributed by atoms with Gasteiger partial charge in [-0.15, -0.1) is 0 Å². The second-order valence-corrected chi connectivity index (χ2v) is 11.4. The third kappa shape index (κ3) is 7.22. The van der Waals surface area contributed by atoms with Crippen LogP contribution in [0.25, 0.3) is 16.9 Å². The van der Waals surface area contributed by atoms with E-state index in [1.807, 2.05) is 35.7 Å². The minimum absolute atomic E-state index is 0.0355. The largest absolute Gasteiger partial charge is 0.382 e. The Hall–Kier alpha value is -2.54. The number of hydrogen-bond acceptors (Lipinski definition) is 5. The molecule has 0 atom stereocenters. The van der Waals surface area contributed by atoms with E-state index in [2.05, 4.69) is 33.0 Å². The first-order valence-electron chi connectivity index (χ1n) is 11.9. The quantitative estimate of drug-likeness (QED) is 0.252. The second kappa shape index (κ2) is 10.6. The molecule has 0 bridgehead atoms. The number of aromatic nitrogens is 2. The zero-order valence-electron chi connectivity index (χ0n) is 20.5. The summed E-state index contributed by atoms with van der Waals surface area (Å²) in [5.74, 6) is 1.21. The average molecular weight is 472 g/mol. The normalized spacial score (nSPS) is 12.3. The molecule has 0 aliphatic carbocycles. The lowest BCUT2D eigenvalue weighted by atomic mass is 10.1. The summed E-state index contributed by atoms with van der Waals surface area (Å²) in [4.78, 5) is 4.85. The zero-order chi connectivity index (χ0) is 24.1. The molecule has 2 heterocycles. The monoisotopic (exact) mass is 471 g/mol. The molecule has 33 heavy (non-hydrogen) atoms. The molecule has 0 aliphatic heterocycles. The first-order chi connectivity index (χ1) is 15.6. The summed E-state index contributed by atoms with van der Waals surface area (Å²) in [6.45, 7) is 10.5. The van der Waals surface area contributed by atoms with Gasteiger partial charge in [-0.25, -0.2) is 4.98 Å². The lowest BCUT2D eigenvalue weighted by Gasteiger charge is -2.22.